The van der Waals surface area contributed by atoms with Crippen LogP contribution in [0.2, 0.25) is 0 Å². The third-order valence-corrected chi connectivity index (χ3v) is 5.94. The van der Waals surface area contributed by atoms with E-state index in [0.717, 1.165) is 23.7 Å². The van der Waals surface area contributed by atoms with Crippen LogP contribution in [0.15, 0.2) is 0 Å². The van der Waals surface area contributed by atoms with Gasteiger partial charge in [0.2, 0.25) is 0 Å². The molecular weight excluding hydrogens is 216 g/mol. The van der Waals surface area contributed by atoms with Crippen molar-refractivity contribution in [1.82, 2.24) is 0 Å². The van der Waals surface area contributed by atoms with Gasteiger partial charge in [-0.25, -0.2) is 0 Å². The van der Waals surface area contributed by atoms with Crippen molar-refractivity contribution in [2.45, 2.75) is 85.5 Å². The van der Waals surface area contributed by atoms with Crippen molar-refractivity contribution >= 4 is 0 Å². The summed E-state index contributed by atoms with van der Waals surface area (Å²) >= 11 is 0. The van der Waals surface area contributed by atoms with Crippen LogP contribution >= 0.6 is 0 Å². The Bertz CT molecular complexity index is 249. The molecular formula is C18H34. The molecule has 0 aliphatic heterocycles. The van der Waals surface area contributed by atoms with E-state index in [-0.39, 0.29) is 0 Å². The fourth-order valence-corrected chi connectivity index (χ4v) is 4.75. The molecule has 3 atom stereocenters. The molecule has 2 rings (SSSR count). The summed E-state index contributed by atoms with van der Waals surface area (Å²) in [5, 5.41) is 0. The average molecular weight is 250 g/mol. The molecule has 0 aromatic rings. The Morgan fingerprint density at radius 1 is 0.944 bits per heavy atom. The molecule has 0 spiro atoms. The summed E-state index contributed by atoms with van der Waals surface area (Å²) in [6.07, 6.45) is 13.5. The van der Waals surface area contributed by atoms with Crippen LogP contribution in [-0.2, 0) is 0 Å². The van der Waals surface area contributed by atoms with Gasteiger partial charge in [-0.3, -0.25) is 0 Å². The van der Waals surface area contributed by atoms with Crippen LogP contribution < -0.4 is 0 Å². The molecule has 0 N–H and O–H groups in total. The first-order valence-electron chi connectivity index (χ1n) is 8.50. The molecule has 3 unspecified atom stereocenters. The molecule has 2 fully saturated rings. The van der Waals surface area contributed by atoms with Gasteiger partial charge in [-0.05, 0) is 48.3 Å². The summed E-state index contributed by atoms with van der Waals surface area (Å²) in [6.45, 7) is 9.88. The lowest BCUT2D eigenvalue weighted by atomic mass is 9.57. The van der Waals surface area contributed by atoms with Gasteiger partial charge in [-0.2, -0.15) is 0 Å². The van der Waals surface area contributed by atoms with Crippen LogP contribution in [0, 0.1) is 29.1 Å². The van der Waals surface area contributed by atoms with E-state index in [1.54, 1.807) is 19.3 Å². The van der Waals surface area contributed by atoms with E-state index < -0.39 is 0 Å². The zero-order valence-corrected chi connectivity index (χ0v) is 13.2. The number of hydrogen-bond acceptors (Lipinski definition) is 0. The van der Waals surface area contributed by atoms with Crippen LogP contribution in [0.4, 0.5) is 0 Å². The Morgan fingerprint density at radius 3 is 2.33 bits per heavy atom. The number of hydrogen-bond donors (Lipinski definition) is 0. The second-order valence-electron chi connectivity index (χ2n) is 8.17. The molecule has 0 bridgehead atoms. The lowest BCUT2D eigenvalue weighted by Crippen LogP contribution is -2.39. The highest BCUT2D eigenvalue weighted by Crippen LogP contribution is 2.51. The third kappa shape index (κ3) is 3.31. The van der Waals surface area contributed by atoms with E-state index in [4.69, 9.17) is 0 Å². The van der Waals surface area contributed by atoms with Gasteiger partial charge in [-0.1, -0.05) is 66.2 Å². The monoisotopic (exact) mass is 250 g/mol. The van der Waals surface area contributed by atoms with E-state index in [1.807, 2.05) is 0 Å². The summed E-state index contributed by atoms with van der Waals surface area (Å²) in [5.41, 5.74) is 0.588. The van der Waals surface area contributed by atoms with Gasteiger partial charge in [0.1, 0.15) is 0 Å². The standard InChI is InChI=1S/C18H34/c1-14(2)12-13-18(3,4)17-11-7-9-15-8-5-6-10-16(15)17/h14-17H,5-13H2,1-4H3. The Labute approximate surface area is 115 Å². The van der Waals surface area contributed by atoms with Crippen LogP contribution in [0.3, 0.4) is 0 Å². The summed E-state index contributed by atoms with van der Waals surface area (Å²) in [6, 6.07) is 0. The van der Waals surface area contributed by atoms with Gasteiger partial charge in [-0.15, -0.1) is 0 Å². The highest BCUT2D eigenvalue weighted by atomic mass is 14.5. The van der Waals surface area contributed by atoms with Gasteiger partial charge < -0.3 is 0 Å². The minimum absolute atomic E-state index is 0.588. The molecule has 0 aromatic heterocycles. The molecule has 0 nitrogen and oxygen atoms in total. The van der Waals surface area contributed by atoms with E-state index in [1.165, 1.54) is 38.5 Å². The zero-order chi connectivity index (χ0) is 13.2. The molecule has 0 radical (unpaired) electrons. The Kier molecular flexibility index (Phi) is 4.78. The van der Waals surface area contributed by atoms with Gasteiger partial charge in [0.05, 0.1) is 0 Å². The first kappa shape index (κ1) is 14.4. The second-order valence-corrected chi connectivity index (χ2v) is 8.17. The van der Waals surface area contributed by atoms with Crippen molar-refractivity contribution in [3.8, 4) is 0 Å². The molecule has 0 heteroatoms. The Balaban J connectivity index is 2.00. The smallest absolute Gasteiger partial charge is 0.0323 e. The maximum atomic E-state index is 2.57. The molecule has 0 heterocycles. The molecule has 18 heavy (non-hydrogen) atoms. The van der Waals surface area contributed by atoms with E-state index in [0.29, 0.717) is 5.41 Å². The fourth-order valence-electron chi connectivity index (χ4n) is 4.75. The topological polar surface area (TPSA) is 0 Å². The number of fused-ring (bicyclic) bond motifs is 1. The average Bonchev–Trinajstić information content (AvgIpc) is 2.36. The first-order chi connectivity index (χ1) is 8.50. The minimum Gasteiger partial charge on any atom is -0.0628 e. The first-order valence-corrected chi connectivity index (χ1v) is 8.50. The molecule has 0 saturated heterocycles. The van der Waals surface area contributed by atoms with Crippen LogP contribution in [0.25, 0.3) is 0 Å². The maximum absolute atomic E-state index is 2.57. The molecule has 2 aliphatic carbocycles. The van der Waals surface area contributed by atoms with Crippen LogP contribution in [0.5, 0.6) is 0 Å². The largest absolute Gasteiger partial charge is 0.0628 e. The summed E-state index contributed by atoms with van der Waals surface area (Å²) in [5.74, 6) is 4.07. The van der Waals surface area contributed by atoms with Crippen LogP contribution in [-0.4, -0.2) is 0 Å². The zero-order valence-electron chi connectivity index (χ0n) is 13.2. The van der Waals surface area contributed by atoms with Crippen molar-refractivity contribution < 1.29 is 0 Å². The minimum atomic E-state index is 0.588. The summed E-state index contributed by atoms with van der Waals surface area (Å²) in [7, 11) is 0. The molecule has 0 aromatic carbocycles. The quantitative estimate of drug-likeness (QED) is 0.569. The van der Waals surface area contributed by atoms with Gasteiger partial charge in [0, 0.05) is 0 Å². The maximum Gasteiger partial charge on any atom is -0.0323 e. The van der Waals surface area contributed by atoms with E-state index in [2.05, 4.69) is 27.7 Å². The lowest BCUT2D eigenvalue weighted by molar-refractivity contribution is 0.0166. The van der Waals surface area contributed by atoms with Crippen molar-refractivity contribution in [1.29, 1.82) is 0 Å². The normalized spacial score (nSPS) is 33.5. The van der Waals surface area contributed by atoms with E-state index in [9.17, 15) is 0 Å². The van der Waals surface area contributed by atoms with Gasteiger partial charge >= 0.3 is 0 Å². The predicted molar refractivity (Wildman–Crippen MR) is 80.6 cm³/mol. The summed E-state index contributed by atoms with van der Waals surface area (Å²) in [4.78, 5) is 0. The van der Waals surface area contributed by atoms with Crippen molar-refractivity contribution in [2.24, 2.45) is 29.1 Å². The second kappa shape index (κ2) is 5.97. The van der Waals surface area contributed by atoms with Gasteiger partial charge in [0.25, 0.3) is 0 Å². The van der Waals surface area contributed by atoms with Crippen molar-refractivity contribution in [3.63, 3.8) is 0 Å². The van der Waals surface area contributed by atoms with Gasteiger partial charge in [0.15, 0.2) is 0 Å². The highest BCUT2D eigenvalue weighted by Gasteiger charge is 2.41. The molecule has 2 saturated carbocycles. The highest BCUT2D eigenvalue weighted by molar-refractivity contribution is 4.92. The summed E-state index contributed by atoms with van der Waals surface area (Å²) < 4.78 is 0. The van der Waals surface area contributed by atoms with Crippen molar-refractivity contribution in [2.75, 3.05) is 0 Å². The van der Waals surface area contributed by atoms with E-state index >= 15 is 0 Å². The van der Waals surface area contributed by atoms with Crippen LogP contribution in [0.1, 0.15) is 85.5 Å². The molecule has 106 valence electrons. The molecule has 0 amide bonds. The Hall–Kier alpha value is 0. The lowest BCUT2D eigenvalue weighted by Gasteiger charge is -2.48. The Morgan fingerprint density at radius 2 is 1.61 bits per heavy atom. The molecule has 2 aliphatic rings. The predicted octanol–water partition coefficient (Wildman–Crippen LogP) is 6.06. The number of rotatable bonds is 4. The van der Waals surface area contributed by atoms with Crippen molar-refractivity contribution in [3.05, 3.63) is 0 Å². The third-order valence-electron chi connectivity index (χ3n) is 5.94. The fraction of sp³-hybridized carbons (Fsp3) is 1.00. The SMILES string of the molecule is CC(C)CCC(C)(C)C1CCCC2CCCCC21.